The topological polar surface area (TPSA) is 78.9 Å². The van der Waals surface area contributed by atoms with Crippen LogP contribution in [0.5, 0.6) is 11.5 Å². The van der Waals surface area contributed by atoms with E-state index in [1.807, 2.05) is 16.9 Å². The Morgan fingerprint density at radius 3 is 2.64 bits per heavy atom. The van der Waals surface area contributed by atoms with Crippen LogP contribution in [0.4, 0.5) is 5.82 Å². The van der Waals surface area contributed by atoms with Crippen molar-refractivity contribution in [1.29, 1.82) is 0 Å². The van der Waals surface area contributed by atoms with Crippen LogP contribution in [-0.2, 0) is 0 Å². The van der Waals surface area contributed by atoms with Gasteiger partial charge in [-0.2, -0.15) is 5.10 Å². The number of nitrogens with zero attached hydrogens (tertiary/aromatic N) is 4. The molecule has 0 aliphatic carbocycles. The van der Waals surface area contributed by atoms with E-state index >= 15 is 0 Å². The van der Waals surface area contributed by atoms with E-state index in [0.29, 0.717) is 23.4 Å². The summed E-state index contributed by atoms with van der Waals surface area (Å²) in [5, 5.41) is 4.33. The molecule has 0 bridgehead atoms. The van der Waals surface area contributed by atoms with Crippen molar-refractivity contribution >= 4 is 5.82 Å². The molecule has 0 atom stereocenters. The van der Waals surface area contributed by atoms with Crippen molar-refractivity contribution in [1.82, 2.24) is 19.7 Å². The van der Waals surface area contributed by atoms with E-state index < -0.39 is 0 Å². The largest absolute Gasteiger partial charge is 0.456 e. The summed E-state index contributed by atoms with van der Waals surface area (Å²) in [4.78, 5) is 8.37. The molecule has 3 aromatic rings. The zero-order valence-corrected chi connectivity index (χ0v) is 12.5. The minimum Gasteiger partial charge on any atom is -0.456 e. The maximum atomic E-state index is 5.76. The zero-order chi connectivity index (χ0) is 15.5. The van der Waals surface area contributed by atoms with E-state index in [1.54, 1.807) is 36.8 Å². The smallest absolute Gasteiger partial charge is 0.145 e. The third kappa shape index (κ3) is 3.06. The molecule has 6 heteroatoms. The van der Waals surface area contributed by atoms with Gasteiger partial charge in [0.15, 0.2) is 0 Å². The molecule has 3 heterocycles. The van der Waals surface area contributed by atoms with Gasteiger partial charge in [-0.15, -0.1) is 0 Å². The van der Waals surface area contributed by atoms with Crippen LogP contribution in [0.15, 0.2) is 49.1 Å². The van der Waals surface area contributed by atoms with E-state index in [1.165, 1.54) is 0 Å². The quantitative estimate of drug-likeness (QED) is 0.799. The number of nitrogen functional groups attached to an aromatic ring is 1. The molecular weight excluding hydrogens is 278 g/mol. The first kappa shape index (κ1) is 14.1. The number of hydrogen-bond acceptors (Lipinski definition) is 5. The number of aromatic nitrogens is 4. The fourth-order valence-electron chi connectivity index (χ4n) is 1.97. The molecule has 0 amide bonds. The Labute approximate surface area is 128 Å². The number of anilines is 1. The predicted molar refractivity (Wildman–Crippen MR) is 84.6 cm³/mol. The third-order valence-corrected chi connectivity index (χ3v) is 3.15. The highest BCUT2D eigenvalue weighted by Gasteiger charge is 2.07. The van der Waals surface area contributed by atoms with Gasteiger partial charge in [-0.25, -0.2) is 4.98 Å². The molecule has 0 saturated heterocycles. The van der Waals surface area contributed by atoms with Crippen molar-refractivity contribution in [2.24, 2.45) is 0 Å². The number of nitrogens with two attached hydrogens (primary N) is 1. The molecule has 0 aliphatic heterocycles. The number of hydrogen-bond donors (Lipinski definition) is 1. The Morgan fingerprint density at radius 2 is 1.95 bits per heavy atom. The Bertz CT molecular complexity index is 764. The zero-order valence-electron chi connectivity index (χ0n) is 12.5. The maximum absolute atomic E-state index is 5.76. The summed E-state index contributed by atoms with van der Waals surface area (Å²) in [6, 6.07) is 7.46. The molecule has 6 nitrogen and oxygen atoms in total. The average Bonchev–Trinajstić information content (AvgIpc) is 3.00. The van der Waals surface area contributed by atoms with E-state index in [4.69, 9.17) is 10.5 Å². The van der Waals surface area contributed by atoms with Gasteiger partial charge in [0, 0.05) is 30.1 Å². The lowest BCUT2D eigenvalue weighted by Crippen LogP contribution is -1.99. The van der Waals surface area contributed by atoms with Gasteiger partial charge in [0.05, 0.1) is 18.1 Å². The number of ether oxygens (including phenoxy) is 1. The normalized spacial score (nSPS) is 10.9. The highest BCUT2D eigenvalue weighted by Crippen LogP contribution is 2.25. The SMILES string of the molecule is CC(C)n1cc(-c2cc(Oc3ccc(N)nc3)ccn2)cn1. The summed E-state index contributed by atoms with van der Waals surface area (Å²) in [5.74, 6) is 1.78. The van der Waals surface area contributed by atoms with Crippen molar-refractivity contribution in [2.75, 3.05) is 5.73 Å². The molecule has 0 saturated carbocycles. The number of rotatable bonds is 4. The molecule has 0 fully saturated rings. The second kappa shape index (κ2) is 5.85. The summed E-state index contributed by atoms with van der Waals surface area (Å²) in [6.07, 6.45) is 7.08. The van der Waals surface area contributed by atoms with Crippen LogP contribution in [0.3, 0.4) is 0 Å². The fourth-order valence-corrected chi connectivity index (χ4v) is 1.97. The van der Waals surface area contributed by atoms with E-state index in [2.05, 4.69) is 28.9 Å². The molecule has 0 aromatic carbocycles. The predicted octanol–water partition coefficient (Wildman–Crippen LogP) is 3.30. The first-order valence-corrected chi connectivity index (χ1v) is 7.02. The molecule has 2 N–H and O–H groups in total. The Morgan fingerprint density at radius 1 is 1.09 bits per heavy atom. The minimum absolute atomic E-state index is 0.314. The van der Waals surface area contributed by atoms with Crippen LogP contribution in [-0.4, -0.2) is 19.7 Å². The van der Waals surface area contributed by atoms with Gasteiger partial charge in [-0.05, 0) is 32.0 Å². The summed E-state index contributed by atoms with van der Waals surface area (Å²) >= 11 is 0. The first-order valence-electron chi connectivity index (χ1n) is 7.02. The van der Waals surface area contributed by atoms with Crippen LogP contribution in [0.1, 0.15) is 19.9 Å². The highest BCUT2D eigenvalue weighted by molar-refractivity contribution is 5.58. The van der Waals surface area contributed by atoms with Gasteiger partial charge in [-0.1, -0.05) is 0 Å². The summed E-state index contributed by atoms with van der Waals surface area (Å²) in [5.41, 5.74) is 7.33. The molecule has 0 radical (unpaired) electrons. The van der Waals surface area contributed by atoms with Gasteiger partial charge >= 0.3 is 0 Å². The van der Waals surface area contributed by atoms with Crippen LogP contribution in [0.25, 0.3) is 11.3 Å². The molecule has 3 rings (SSSR count). The first-order chi connectivity index (χ1) is 10.6. The maximum Gasteiger partial charge on any atom is 0.145 e. The van der Waals surface area contributed by atoms with E-state index in [0.717, 1.165) is 11.3 Å². The van der Waals surface area contributed by atoms with Gasteiger partial charge in [-0.3, -0.25) is 9.67 Å². The van der Waals surface area contributed by atoms with Crippen LogP contribution in [0.2, 0.25) is 0 Å². The van der Waals surface area contributed by atoms with Crippen LogP contribution < -0.4 is 10.5 Å². The Kier molecular flexibility index (Phi) is 3.74. The Hall–Kier alpha value is -2.89. The average molecular weight is 295 g/mol. The van der Waals surface area contributed by atoms with Gasteiger partial charge < -0.3 is 10.5 Å². The fraction of sp³-hybridized carbons (Fsp3) is 0.188. The minimum atomic E-state index is 0.314. The lowest BCUT2D eigenvalue weighted by molar-refractivity contribution is 0.480. The molecule has 3 aromatic heterocycles. The monoisotopic (exact) mass is 295 g/mol. The third-order valence-electron chi connectivity index (χ3n) is 3.15. The molecular formula is C16H17N5O. The second-order valence-electron chi connectivity index (χ2n) is 5.20. The van der Waals surface area contributed by atoms with Crippen molar-refractivity contribution in [3.63, 3.8) is 0 Å². The molecule has 0 spiro atoms. The van der Waals surface area contributed by atoms with Crippen molar-refractivity contribution in [2.45, 2.75) is 19.9 Å². The second-order valence-corrected chi connectivity index (χ2v) is 5.20. The lowest BCUT2D eigenvalue weighted by Gasteiger charge is -2.06. The van der Waals surface area contributed by atoms with Crippen LogP contribution in [0, 0.1) is 0 Å². The van der Waals surface area contributed by atoms with E-state index in [-0.39, 0.29) is 0 Å². The summed E-state index contributed by atoms with van der Waals surface area (Å²) < 4.78 is 7.66. The van der Waals surface area contributed by atoms with Crippen molar-refractivity contribution in [3.05, 3.63) is 49.1 Å². The molecule has 0 aliphatic rings. The molecule has 112 valence electrons. The van der Waals surface area contributed by atoms with Gasteiger partial charge in [0.25, 0.3) is 0 Å². The van der Waals surface area contributed by atoms with E-state index in [9.17, 15) is 0 Å². The Balaban J connectivity index is 1.84. The van der Waals surface area contributed by atoms with Crippen LogP contribution >= 0.6 is 0 Å². The highest BCUT2D eigenvalue weighted by atomic mass is 16.5. The summed E-state index contributed by atoms with van der Waals surface area (Å²) in [7, 11) is 0. The lowest BCUT2D eigenvalue weighted by atomic mass is 10.2. The van der Waals surface area contributed by atoms with Crippen molar-refractivity contribution in [3.8, 4) is 22.8 Å². The van der Waals surface area contributed by atoms with Gasteiger partial charge in [0.1, 0.15) is 17.3 Å². The summed E-state index contributed by atoms with van der Waals surface area (Å²) in [6.45, 7) is 4.16. The molecule has 22 heavy (non-hydrogen) atoms. The van der Waals surface area contributed by atoms with Gasteiger partial charge in [0.2, 0.25) is 0 Å². The molecule has 0 unspecified atom stereocenters. The number of pyridine rings is 2. The van der Waals surface area contributed by atoms with Crippen molar-refractivity contribution < 1.29 is 4.74 Å². The standard InChI is InChI=1S/C16H17N5O/c1-11(2)21-10-12(8-20-21)15-7-13(5-6-18-15)22-14-3-4-16(17)19-9-14/h3-11H,1-2H3,(H2,17,19).